The summed E-state index contributed by atoms with van der Waals surface area (Å²) in [6, 6.07) is 7.75. The van der Waals surface area contributed by atoms with Crippen molar-refractivity contribution < 1.29 is 9.53 Å². The number of carbonyl (C=O) groups is 1. The van der Waals surface area contributed by atoms with E-state index in [-0.39, 0.29) is 12.1 Å². The topological polar surface area (TPSA) is 26.3 Å². The smallest absolute Gasteiger partial charge is 0.334 e. The molecule has 0 radical (unpaired) electrons. The van der Waals surface area contributed by atoms with Crippen LogP contribution in [0.15, 0.2) is 40.4 Å². The molecule has 1 heterocycles. The summed E-state index contributed by atoms with van der Waals surface area (Å²) in [6.45, 7) is 1.77. The van der Waals surface area contributed by atoms with Gasteiger partial charge in [0.2, 0.25) is 0 Å². The molecule has 1 aromatic rings. The van der Waals surface area contributed by atoms with Crippen LogP contribution in [0.2, 0.25) is 0 Å². The van der Waals surface area contributed by atoms with Gasteiger partial charge in [-0.3, -0.25) is 0 Å². The van der Waals surface area contributed by atoms with Crippen LogP contribution in [0.25, 0.3) is 0 Å². The van der Waals surface area contributed by atoms with Gasteiger partial charge in [-0.1, -0.05) is 28.1 Å². The zero-order valence-corrected chi connectivity index (χ0v) is 9.24. The standard InChI is InChI=1S/C11H9BrO2/c1-7-6-10(14-11(7)13)8-2-4-9(12)5-3-8/h2-6,10H,1H3. The lowest BCUT2D eigenvalue weighted by Gasteiger charge is -2.07. The summed E-state index contributed by atoms with van der Waals surface area (Å²) in [5.41, 5.74) is 1.68. The van der Waals surface area contributed by atoms with Crippen LogP contribution in [-0.2, 0) is 9.53 Å². The number of benzene rings is 1. The van der Waals surface area contributed by atoms with Gasteiger partial charge < -0.3 is 4.74 Å². The molecule has 1 aromatic carbocycles. The molecule has 0 bridgehead atoms. The minimum atomic E-state index is -0.224. The summed E-state index contributed by atoms with van der Waals surface area (Å²) < 4.78 is 6.17. The highest BCUT2D eigenvalue weighted by molar-refractivity contribution is 9.10. The fourth-order valence-electron chi connectivity index (χ4n) is 1.35. The van der Waals surface area contributed by atoms with E-state index in [9.17, 15) is 4.79 Å². The van der Waals surface area contributed by atoms with Gasteiger partial charge in [0.25, 0.3) is 0 Å². The van der Waals surface area contributed by atoms with Gasteiger partial charge in [-0.15, -0.1) is 0 Å². The Bertz CT molecular complexity index is 392. The van der Waals surface area contributed by atoms with E-state index in [0.717, 1.165) is 10.0 Å². The van der Waals surface area contributed by atoms with Crippen LogP contribution in [-0.4, -0.2) is 5.97 Å². The Hall–Kier alpha value is -1.09. The van der Waals surface area contributed by atoms with Gasteiger partial charge in [-0.25, -0.2) is 4.79 Å². The highest BCUT2D eigenvalue weighted by Gasteiger charge is 2.23. The minimum Gasteiger partial charge on any atom is -0.450 e. The third-order valence-corrected chi connectivity index (χ3v) is 2.68. The quantitative estimate of drug-likeness (QED) is 0.719. The van der Waals surface area contributed by atoms with Crippen LogP contribution in [0.3, 0.4) is 0 Å². The fourth-order valence-corrected chi connectivity index (χ4v) is 1.62. The average molecular weight is 253 g/mol. The van der Waals surface area contributed by atoms with Crippen molar-refractivity contribution in [2.24, 2.45) is 0 Å². The Balaban J connectivity index is 2.26. The van der Waals surface area contributed by atoms with E-state index < -0.39 is 0 Å². The minimum absolute atomic E-state index is 0.212. The van der Waals surface area contributed by atoms with Crippen molar-refractivity contribution in [1.29, 1.82) is 0 Å². The predicted octanol–water partition coefficient (Wildman–Crippen LogP) is 2.99. The van der Waals surface area contributed by atoms with E-state index in [1.807, 2.05) is 30.3 Å². The SMILES string of the molecule is CC1=CC(c2ccc(Br)cc2)OC1=O. The third kappa shape index (κ3) is 1.73. The third-order valence-electron chi connectivity index (χ3n) is 2.16. The van der Waals surface area contributed by atoms with Crippen molar-refractivity contribution in [1.82, 2.24) is 0 Å². The van der Waals surface area contributed by atoms with Crippen molar-refractivity contribution in [3.05, 3.63) is 46.0 Å². The van der Waals surface area contributed by atoms with Crippen LogP contribution in [0.1, 0.15) is 18.6 Å². The van der Waals surface area contributed by atoms with Crippen LogP contribution in [0.4, 0.5) is 0 Å². The van der Waals surface area contributed by atoms with Crippen molar-refractivity contribution in [3.8, 4) is 0 Å². The molecule has 0 aliphatic carbocycles. The molecule has 14 heavy (non-hydrogen) atoms. The molecule has 1 aliphatic rings. The number of hydrogen-bond acceptors (Lipinski definition) is 2. The molecule has 0 spiro atoms. The van der Waals surface area contributed by atoms with Crippen molar-refractivity contribution in [2.45, 2.75) is 13.0 Å². The Kier molecular flexibility index (Phi) is 2.42. The van der Waals surface area contributed by atoms with Gasteiger partial charge in [-0.2, -0.15) is 0 Å². The number of halogens is 1. The van der Waals surface area contributed by atoms with E-state index in [2.05, 4.69) is 15.9 Å². The van der Waals surface area contributed by atoms with E-state index in [1.54, 1.807) is 6.92 Å². The molecule has 72 valence electrons. The lowest BCUT2D eigenvalue weighted by atomic mass is 10.1. The molecular formula is C11H9BrO2. The molecule has 1 unspecified atom stereocenters. The summed E-state index contributed by atoms with van der Waals surface area (Å²) in [5, 5.41) is 0. The molecule has 0 saturated heterocycles. The number of hydrogen-bond donors (Lipinski definition) is 0. The first-order chi connectivity index (χ1) is 6.66. The number of rotatable bonds is 1. The molecule has 0 amide bonds. The zero-order chi connectivity index (χ0) is 10.1. The van der Waals surface area contributed by atoms with Crippen molar-refractivity contribution in [3.63, 3.8) is 0 Å². The summed E-state index contributed by atoms with van der Waals surface area (Å²) >= 11 is 3.35. The molecule has 1 aliphatic heterocycles. The molecule has 0 fully saturated rings. The van der Waals surface area contributed by atoms with Gasteiger partial charge in [0.15, 0.2) is 0 Å². The molecular weight excluding hydrogens is 244 g/mol. The number of ether oxygens (including phenoxy) is 1. The second-order valence-electron chi connectivity index (χ2n) is 3.23. The van der Waals surface area contributed by atoms with Crippen molar-refractivity contribution >= 4 is 21.9 Å². The molecule has 0 aromatic heterocycles. The molecule has 1 atom stereocenters. The summed E-state index contributed by atoms with van der Waals surface area (Å²) in [6.07, 6.45) is 1.63. The highest BCUT2D eigenvalue weighted by atomic mass is 79.9. The lowest BCUT2D eigenvalue weighted by molar-refractivity contribution is -0.139. The van der Waals surface area contributed by atoms with E-state index in [1.165, 1.54) is 0 Å². The first-order valence-corrected chi connectivity index (χ1v) is 5.11. The van der Waals surface area contributed by atoms with Gasteiger partial charge >= 0.3 is 5.97 Å². The monoisotopic (exact) mass is 252 g/mol. The summed E-state index contributed by atoms with van der Waals surface area (Å²) in [4.78, 5) is 11.1. The van der Waals surface area contributed by atoms with E-state index >= 15 is 0 Å². The first-order valence-electron chi connectivity index (χ1n) is 4.31. The molecule has 2 nitrogen and oxygen atoms in total. The van der Waals surface area contributed by atoms with Crippen LogP contribution in [0, 0.1) is 0 Å². The Labute approximate surface area is 90.7 Å². The highest BCUT2D eigenvalue weighted by Crippen LogP contribution is 2.28. The molecule has 3 heteroatoms. The van der Waals surface area contributed by atoms with Crippen LogP contribution >= 0.6 is 15.9 Å². The second kappa shape index (κ2) is 3.58. The maximum atomic E-state index is 11.1. The maximum Gasteiger partial charge on any atom is 0.334 e. The Morgan fingerprint density at radius 3 is 2.43 bits per heavy atom. The molecule has 2 rings (SSSR count). The van der Waals surface area contributed by atoms with Gasteiger partial charge in [0.1, 0.15) is 6.10 Å². The number of cyclic esters (lactones) is 1. The fraction of sp³-hybridized carbons (Fsp3) is 0.182. The van der Waals surface area contributed by atoms with Gasteiger partial charge in [0, 0.05) is 10.0 Å². The zero-order valence-electron chi connectivity index (χ0n) is 7.66. The summed E-state index contributed by atoms with van der Waals surface area (Å²) in [7, 11) is 0. The van der Waals surface area contributed by atoms with Crippen molar-refractivity contribution in [2.75, 3.05) is 0 Å². The predicted molar refractivity (Wildman–Crippen MR) is 56.7 cm³/mol. The number of esters is 1. The largest absolute Gasteiger partial charge is 0.450 e. The van der Waals surface area contributed by atoms with E-state index in [0.29, 0.717) is 5.57 Å². The Morgan fingerprint density at radius 2 is 1.93 bits per heavy atom. The number of carbonyl (C=O) groups excluding carboxylic acids is 1. The maximum absolute atomic E-state index is 11.1. The van der Waals surface area contributed by atoms with Crippen LogP contribution in [0.5, 0.6) is 0 Å². The van der Waals surface area contributed by atoms with Crippen LogP contribution < -0.4 is 0 Å². The normalized spacial score (nSPS) is 20.6. The molecule has 0 saturated carbocycles. The van der Waals surface area contributed by atoms with E-state index in [4.69, 9.17) is 4.74 Å². The summed E-state index contributed by atoms with van der Waals surface area (Å²) in [5.74, 6) is -0.224. The first kappa shape index (κ1) is 9.46. The van der Waals surface area contributed by atoms with Gasteiger partial charge in [-0.05, 0) is 30.7 Å². The van der Waals surface area contributed by atoms with Gasteiger partial charge in [0.05, 0.1) is 0 Å². The average Bonchev–Trinajstić information content (AvgIpc) is 2.48. The Morgan fingerprint density at radius 1 is 1.29 bits per heavy atom. The second-order valence-corrected chi connectivity index (χ2v) is 4.14. The molecule has 0 N–H and O–H groups in total. The lowest BCUT2D eigenvalue weighted by Crippen LogP contribution is -2.00.